The lowest BCUT2D eigenvalue weighted by Gasteiger charge is -2.23. The first-order chi connectivity index (χ1) is 12.0. The maximum atomic E-state index is 12.8. The lowest BCUT2D eigenvalue weighted by atomic mass is 10.0. The molecular formula is C18H25N5O2. The molecule has 3 heterocycles. The van der Waals surface area contributed by atoms with Gasteiger partial charge in [-0.1, -0.05) is 0 Å². The average Bonchev–Trinajstić information content (AvgIpc) is 2.78. The summed E-state index contributed by atoms with van der Waals surface area (Å²) in [6.45, 7) is 6.53. The Morgan fingerprint density at radius 1 is 1.40 bits per heavy atom. The zero-order valence-corrected chi connectivity index (χ0v) is 15.1. The van der Waals surface area contributed by atoms with Crippen molar-refractivity contribution in [3.8, 4) is 0 Å². The molecule has 1 fully saturated rings. The predicted molar refractivity (Wildman–Crippen MR) is 93.0 cm³/mol. The number of aryl methyl sites for hydroxylation is 2. The highest BCUT2D eigenvalue weighted by Gasteiger charge is 2.24. The second-order valence-corrected chi connectivity index (χ2v) is 6.64. The molecule has 3 rings (SSSR count). The third kappa shape index (κ3) is 4.22. The second-order valence-electron chi connectivity index (χ2n) is 6.64. The van der Waals surface area contributed by atoms with E-state index in [4.69, 9.17) is 4.74 Å². The molecule has 1 aliphatic rings. The van der Waals surface area contributed by atoms with Crippen LogP contribution in [-0.2, 0) is 29.4 Å². The van der Waals surface area contributed by atoms with Crippen LogP contribution in [0.3, 0.4) is 0 Å². The van der Waals surface area contributed by atoms with Crippen LogP contribution < -0.4 is 0 Å². The first-order valence-electron chi connectivity index (χ1n) is 8.64. The summed E-state index contributed by atoms with van der Waals surface area (Å²) in [5.74, 6) is 0.384. The zero-order chi connectivity index (χ0) is 17.8. The minimum atomic E-state index is 0.136. The van der Waals surface area contributed by atoms with Crippen molar-refractivity contribution in [3.63, 3.8) is 0 Å². The topological polar surface area (TPSA) is 73.1 Å². The van der Waals surface area contributed by atoms with Gasteiger partial charge in [0.15, 0.2) is 0 Å². The van der Waals surface area contributed by atoms with Crippen molar-refractivity contribution in [2.24, 2.45) is 13.0 Å². The van der Waals surface area contributed by atoms with Gasteiger partial charge in [-0.3, -0.25) is 9.48 Å². The van der Waals surface area contributed by atoms with Crippen molar-refractivity contribution < 1.29 is 9.53 Å². The van der Waals surface area contributed by atoms with E-state index in [2.05, 4.69) is 15.1 Å². The van der Waals surface area contributed by atoms with E-state index in [9.17, 15) is 4.79 Å². The smallest absolute Gasteiger partial charge is 0.227 e. The number of amides is 1. The lowest BCUT2D eigenvalue weighted by Crippen LogP contribution is -2.37. The summed E-state index contributed by atoms with van der Waals surface area (Å²) in [6, 6.07) is 1.92. The van der Waals surface area contributed by atoms with Crippen LogP contribution in [0.15, 0.2) is 18.6 Å². The predicted octanol–water partition coefficient (Wildman–Crippen LogP) is 1.09. The molecule has 0 N–H and O–H groups in total. The summed E-state index contributed by atoms with van der Waals surface area (Å²) in [6.07, 6.45) is 4.49. The number of hydrogen-bond donors (Lipinski definition) is 0. The number of nitrogens with zero attached hydrogens (tertiary/aromatic N) is 5. The molecule has 1 aliphatic heterocycles. The molecule has 0 saturated carbocycles. The van der Waals surface area contributed by atoms with E-state index in [-0.39, 0.29) is 11.8 Å². The Bertz CT molecular complexity index is 729. The Balaban J connectivity index is 1.66. The molecular weight excluding hydrogens is 318 g/mol. The maximum absolute atomic E-state index is 12.8. The first-order valence-corrected chi connectivity index (χ1v) is 8.64. The summed E-state index contributed by atoms with van der Waals surface area (Å²) in [5.41, 5.74) is 3.99. The summed E-state index contributed by atoms with van der Waals surface area (Å²) in [7, 11) is 1.91. The molecule has 1 amide bonds. The molecule has 0 radical (unpaired) electrons. The molecule has 7 heteroatoms. The zero-order valence-electron chi connectivity index (χ0n) is 15.1. The van der Waals surface area contributed by atoms with E-state index in [1.54, 1.807) is 12.5 Å². The standard InChI is InChI=1S/C18H25N5O2/c1-13-17(14(2)22(3)21-13)9-18(24)23-6-7-25-11-15(10-23)8-16-4-5-19-12-20-16/h4-5,12,15H,6-11H2,1-3H3/t15-/m1/s1. The normalized spacial score (nSPS) is 18.2. The minimum absolute atomic E-state index is 0.136. The number of hydrogen-bond acceptors (Lipinski definition) is 5. The van der Waals surface area contributed by atoms with Crippen LogP contribution in [0.1, 0.15) is 22.6 Å². The average molecular weight is 343 g/mol. The van der Waals surface area contributed by atoms with Crippen LogP contribution in [0.2, 0.25) is 0 Å². The van der Waals surface area contributed by atoms with Gasteiger partial charge in [0, 0.05) is 49.2 Å². The molecule has 0 unspecified atom stereocenters. The Morgan fingerprint density at radius 3 is 2.92 bits per heavy atom. The van der Waals surface area contributed by atoms with Gasteiger partial charge < -0.3 is 9.64 Å². The van der Waals surface area contributed by atoms with E-state index >= 15 is 0 Å². The van der Waals surface area contributed by atoms with Crippen molar-refractivity contribution in [2.75, 3.05) is 26.3 Å². The molecule has 7 nitrogen and oxygen atoms in total. The van der Waals surface area contributed by atoms with Crippen molar-refractivity contribution >= 4 is 5.91 Å². The molecule has 0 aliphatic carbocycles. The van der Waals surface area contributed by atoms with E-state index in [1.807, 2.05) is 36.5 Å². The van der Waals surface area contributed by atoms with Gasteiger partial charge in [-0.15, -0.1) is 0 Å². The second kappa shape index (κ2) is 7.74. The van der Waals surface area contributed by atoms with Crippen molar-refractivity contribution in [3.05, 3.63) is 41.2 Å². The SMILES string of the molecule is Cc1nn(C)c(C)c1CC(=O)N1CCOC[C@H](Cc2ccncn2)C1. The minimum Gasteiger partial charge on any atom is -0.379 e. The summed E-state index contributed by atoms with van der Waals surface area (Å²) >= 11 is 0. The van der Waals surface area contributed by atoms with Gasteiger partial charge in [-0.25, -0.2) is 9.97 Å². The highest BCUT2D eigenvalue weighted by Crippen LogP contribution is 2.17. The summed E-state index contributed by atoms with van der Waals surface area (Å²) in [4.78, 5) is 23.0. The Kier molecular flexibility index (Phi) is 5.43. The van der Waals surface area contributed by atoms with Gasteiger partial charge in [0.25, 0.3) is 0 Å². The van der Waals surface area contributed by atoms with E-state index in [1.165, 1.54) is 0 Å². The number of carbonyl (C=O) groups excluding carboxylic acids is 1. The highest BCUT2D eigenvalue weighted by atomic mass is 16.5. The van der Waals surface area contributed by atoms with Crippen LogP contribution >= 0.6 is 0 Å². The Labute approximate surface area is 148 Å². The Morgan fingerprint density at radius 2 is 2.24 bits per heavy atom. The maximum Gasteiger partial charge on any atom is 0.227 e. The van der Waals surface area contributed by atoms with Gasteiger partial charge >= 0.3 is 0 Å². The summed E-state index contributed by atoms with van der Waals surface area (Å²) in [5, 5.41) is 4.41. The van der Waals surface area contributed by atoms with Crippen LogP contribution in [0, 0.1) is 19.8 Å². The van der Waals surface area contributed by atoms with E-state index in [0.29, 0.717) is 32.7 Å². The highest BCUT2D eigenvalue weighted by molar-refractivity contribution is 5.79. The van der Waals surface area contributed by atoms with E-state index < -0.39 is 0 Å². The van der Waals surface area contributed by atoms with E-state index in [0.717, 1.165) is 29.1 Å². The van der Waals surface area contributed by atoms with Crippen molar-refractivity contribution in [1.29, 1.82) is 0 Å². The molecule has 134 valence electrons. The summed E-state index contributed by atoms with van der Waals surface area (Å²) < 4.78 is 7.54. The largest absolute Gasteiger partial charge is 0.379 e. The number of ether oxygens (including phenoxy) is 1. The van der Waals surface area contributed by atoms with Gasteiger partial charge in [0.1, 0.15) is 6.33 Å². The fourth-order valence-corrected chi connectivity index (χ4v) is 3.30. The van der Waals surface area contributed by atoms with Gasteiger partial charge in [0.2, 0.25) is 5.91 Å². The molecule has 1 saturated heterocycles. The fraction of sp³-hybridized carbons (Fsp3) is 0.556. The van der Waals surface area contributed by atoms with Gasteiger partial charge in [-0.05, 0) is 26.3 Å². The molecule has 0 aromatic carbocycles. The first kappa shape index (κ1) is 17.5. The van der Waals surface area contributed by atoms with Crippen molar-refractivity contribution in [2.45, 2.75) is 26.7 Å². The number of aromatic nitrogens is 4. The molecule has 25 heavy (non-hydrogen) atoms. The van der Waals surface area contributed by atoms with Crippen LogP contribution in [-0.4, -0.2) is 56.9 Å². The van der Waals surface area contributed by atoms with Crippen LogP contribution in [0.25, 0.3) is 0 Å². The monoisotopic (exact) mass is 343 g/mol. The Hall–Kier alpha value is -2.28. The quantitative estimate of drug-likeness (QED) is 0.831. The molecule has 2 aromatic rings. The molecule has 0 spiro atoms. The van der Waals surface area contributed by atoms with Gasteiger partial charge in [0.05, 0.1) is 25.3 Å². The molecule has 0 bridgehead atoms. The number of rotatable bonds is 4. The lowest BCUT2D eigenvalue weighted by molar-refractivity contribution is -0.130. The molecule has 2 aromatic heterocycles. The number of carbonyl (C=O) groups is 1. The van der Waals surface area contributed by atoms with Crippen LogP contribution in [0.5, 0.6) is 0 Å². The van der Waals surface area contributed by atoms with Crippen LogP contribution in [0.4, 0.5) is 0 Å². The third-order valence-electron chi connectivity index (χ3n) is 4.82. The fourth-order valence-electron chi connectivity index (χ4n) is 3.30. The molecule has 1 atom stereocenters. The van der Waals surface area contributed by atoms with Crippen molar-refractivity contribution in [1.82, 2.24) is 24.6 Å². The third-order valence-corrected chi connectivity index (χ3v) is 4.82. The van der Waals surface area contributed by atoms with Gasteiger partial charge in [-0.2, -0.15) is 5.10 Å².